The number of nitrogens with one attached hydrogen (secondary N) is 1. The third-order valence-electron chi connectivity index (χ3n) is 6.07. The highest BCUT2D eigenvalue weighted by Crippen LogP contribution is 2.23. The van der Waals surface area contributed by atoms with Crippen LogP contribution in [-0.4, -0.2) is 57.1 Å². The lowest BCUT2D eigenvalue weighted by Gasteiger charge is -2.31. The van der Waals surface area contributed by atoms with Crippen LogP contribution in [0.15, 0.2) is 48.5 Å². The molecule has 10 heteroatoms. The van der Waals surface area contributed by atoms with E-state index in [0.29, 0.717) is 42.5 Å². The van der Waals surface area contributed by atoms with Crippen LogP contribution in [0.4, 0.5) is 5.69 Å². The second kappa shape index (κ2) is 15.6. The van der Waals surface area contributed by atoms with Crippen molar-refractivity contribution in [2.24, 2.45) is 0 Å². The number of halogens is 1. The summed E-state index contributed by atoms with van der Waals surface area (Å²) in [4.78, 5) is 28.0. The molecule has 2 aromatic carbocycles. The minimum atomic E-state index is -3.57. The van der Waals surface area contributed by atoms with Crippen molar-refractivity contribution in [1.82, 2.24) is 10.2 Å². The summed E-state index contributed by atoms with van der Waals surface area (Å²) in [5, 5.41) is 3.53. The Morgan fingerprint density at radius 3 is 2.21 bits per heavy atom. The fourth-order valence-corrected chi connectivity index (χ4v) is 5.18. The van der Waals surface area contributed by atoms with Crippen molar-refractivity contribution < 1.29 is 22.7 Å². The quantitative estimate of drug-likeness (QED) is 0.289. The van der Waals surface area contributed by atoms with Gasteiger partial charge in [0.15, 0.2) is 0 Å². The van der Waals surface area contributed by atoms with Crippen LogP contribution in [0.3, 0.4) is 0 Å². The third-order valence-corrected chi connectivity index (χ3v) is 7.52. The smallest absolute Gasteiger partial charge is 0.242 e. The van der Waals surface area contributed by atoms with Gasteiger partial charge in [0.1, 0.15) is 11.8 Å². The Morgan fingerprint density at radius 1 is 1.00 bits per heavy atom. The maximum atomic E-state index is 13.5. The zero-order valence-corrected chi connectivity index (χ0v) is 24.4. The van der Waals surface area contributed by atoms with Gasteiger partial charge >= 0.3 is 0 Å². The van der Waals surface area contributed by atoms with Crippen LogP contribution < -0.4 is 14.4 Å². The summed E-state index contributed by atoms with van der Waals surface area (Å²) < 4.78 is 31.8. The van der Waals surface area contributed by atoms with E-state index in [9.17, 15) is 18.0 Å². The van der Waals surface area contributed by atoms with E-state index in [1.807, 2.05) is 32.9 Å². The second-order valence-corrected chi connectivity index (χ2v) is 11.4. The first-order valence-electron chi connectivity index (χ1n) is 13.1. The molecule has 0 fully saturated rings. The van der Waals surface area contributed by atoms with E-state index in [4.69, 9.17) is 16.3 Å². The first-order chi connectivity index (χ1) is 18.1. The molecule has 2 aromatic rings. The molecule has 0 heterocycles. The number of anilines is 1. The van der Waals surface area contributed by atoms with Gasteiger partial charge in [-0.15, -0.1) is 0 Å². The number of benzene rings is 2. The second-order valence-electron chi connectivity index (χ2n) is 9.08. The topological polar surface area (TPSA) is 96.0 Å². The minimum absolute atomic E-state index is 0.0926. The molecule has 0 bridgehead atoms. The Balaban J connectivity index is 2.17. The Labute approximate surface area is 232 Å². The van der Waals surface area contributed by atoms with E-state index < -0.39 is 16.1 Å². The van der Waals surface area contributed by atoms with Crippen molar-refractivity contribution in [2.45, 2.75) is 65.5 Å². The molecule has 0 radical (unpaired) electrons. The van der Waals surface area contributed by atoms with Crippen LogP contribution >= 0.6 is 11.6 Å². The van der Waals surface area contributed by atoms with E-state index in [-0.39, 0.29) is 31.3 Å². The number of sulfonamides is 1. The zero-order chi connectivity index (χ0) is 28.1. The number of unbranched alkanes of at least 4 members (excludes halogenated alkanes) is 1. The largest absolute Gasteiger partial charge is 0.494 e. The van der Waals surface area contributed by atoms with Crippen LogP contribution in [-0.2, 0) is 26.2 Å². The number of hydrogen-bond acceptors (Lipinski definition) is 5. The molecule has 8 nitrogen and oxygen atoms in total. The molecular formula is C28H40ClN3O5S. The third kappa shape index (κ3) is 9.83. The summed E-state index contributed by atoms with van der Waals surface area (Å²) in [6.45, 7) is 7.26. The molecule has 2 amide bonds. The van der Waals surface area contributed by atoms with Crippen LogP contribution in [0.2, 0.25) is 5.02 Å². The SMILES string of the molecule is CCCCNC(=O)[C@H](CC)N(Cc1ccc(Cl)cc1)C(=O)CCCN(c1ccc(OCC)cc1)S(C)(=O)=O. The highest BCUT2D eigenvalue weighted by atomic mass is 35.5. The molecule has 2 rings (SSSR count). The predicted octanol–water partition coefficient (Wildman–Crippen LogP) is 5.01. The van der Waals surface area contributed by atoms with Gasteiger partial charge in [0.05, 0.1) is 18.6 Å². The summed E-state index contributed by atoms with van der Waals surface area (Å²) in [5.41, 5.74) is 1.36. The van der Waals surface area contributed by atoms with Crippen molar-refractivity contribution in [3.8, 4) is 5.75 Å². The molecule has 210 valence electrons. The standard InChI is InChI=1S/C28H40ClN3O5S/c1-5-8-19-30-28(34)26(6-2)31(21-22-11-13-23(29)14-12-22)27(33)10-9-20-32(38(4,35)36)24-15-17-25(18-16-24)37-7-3/h11-18,26H,5-10,19-21H2,1-4H3,(H,30,34)/t26-/m0/s1. The fraction of sp³-hybridized carbons (Fsp3) is 0.500. The number of hydrogen-bond donors (Lipinski definition) is 1. The Kier molecular flexibility index (Phi) is 12.9. The van der Waals surface area contributed by atoms with Crippen molar-refractivity contribution in [2.75, 3.05) is 30.3 Å². The number of rotatable bonds is 16. The van der Waals surface area contributed by atoms with Gasteiger partial charge in [-0.2, -0.15) is 0 Å². The lowest BCUT2D eigenvalue weighted by atomic mass is 10.1. The van der Waals surface area contributed by atoms with Gasteiger partial charge in [0, 0.05) is 31.1 Å². The molecule has 0 aromatic heterocycles. The molecule has 38 heavy (non-hydrogen) atoms. The fourth-order valence-electron chi connectivity index (χ4n) is 4.09. The van der Waals surface area contributed by atoms with Crippen LogP contribution in [0.25, 0.3) is 0 Å². The summed E-state index contributed by atoms with van der Waals surface area (Å²) in [7, 11) is -3.57. The number of amides is 2. The van der Waals surface area contributed by atoms with Crippen molar-refractivity contribution in [3.63, 3.8) is 0 Å². The lowest BCUT2D eigenvalue weighted by Crippen LogP contribution is -2.49. The van der Waals surface area contributed by atoms with Crippen molar-refractivity contribution >= 4 is 39.1 Å². The average Bonchev–Trinajstić information content (AvgIpc) is 2.88. The molecule has 1 N–H and O–H groups in total. The molecule has 0 aliphatic rings. The maximum absolute atomic E-state index is 13.5. The predicted molar refractivity (Wildman–Crippen MR) is 153 cm³/mol. The van der Waals surface area contributed by atoms with Crippen molar-refractivity contribution in [1.29, 1.82) is 0 Å². The summed E-state index contributed by atoms with van der Waals surface area (Å²) in [5.74, 6) is 0.258. The summed E-state index contributed by atoms with van der Waals surface area (Å²) >= 11 is 6.03. The Morgan fingerprint density at radius 2 is 1.66 bits per heavy atom. The average molecular weight is 566 g/mol. The first-order valence-corrected chi connectivity index (χ1v) is 15.3. The number of nitrogens with zero attached hydrogens (tertiary/aromatic N) is 2. The Bertz CT molecular complexity index is 1120. The number of carbonyl (C=O) groups is 2. The molecule has 1 atom stereocenters. The Hall–Kier alpha value is -2.78. The first kappa shape index (κ1) is 31.4. The number of carbonyl (C=O) groups excluding carboxylic acids is 2. The molecule has 0 aliphatic heterocycles. The van der Waals surface area contributed by atoms with Gasteiger partial charge in [-0.3, -0.25) is 13.9 Å². The van der Waals surface area contributed by atoms with Gasteiger partial charge in [0.2, 0.25) is 21.8 Å². The van der Waals surface area contributed by atoms with E-state index >= 15 is 0 Å². The molecule has 0 saturated heterocycles. The van der Waals surface area contributed by atoms with Gasteiger partial charge < -0.3 is 15.0 Å². The highest BCUT2D eigenvalue weighted by molar-refractivity contribution is 7.92. The van der Waals surface area contributed by atoms with E-state index in [1.54, 1.807) is 41.3 Å². The van der Waals surface area contributed by atoms with Crippen LogP contribution in [0, 0.1) is 0 Å². The monoisotopic (exact) mass is 565 g/mol. The highest BCUT2D eigenvalue weighted by Gasteiger charge is 2.28. The molecule has 0 unspecified atom stereocenters. The molecular weight excluding hydrogens is 526 g/mol. The van der Waals surface area contributed by atoms with Crippen molar-refractivity contribution in [3.05, 3.63) is 59.1 Å². The van der Waals surface area contributed by atoms with Gasteiger partial charge in [-0.05, 0) is 68.1 Å². The van der Waals surface area contributed by atoms with Crippen LogP contribution in [0.5, 0.6) is 5.75 Å². The van der Waals surface area contributed by atoms with Gasteiger partial charge in [0.25, 0.3) is 0 Å². The van der Waals surface area contributed by atoms with Gasteiger partial charge in [-0.25, -0.2) is 8.42 Å². The molecule has 0 spiro atoms. The van der Waals surface area contributed by atoms with Crippen LogP contribution in [0.1, 0.15) is 58.4 Å². The number of ether oxygens (including phenoxy) is 1. The van der Waals surface area contributed by atoms with E-state index in [0.717, 1.165) is 24.7 Å². The zero-order valence-electron chi connectivity index (χ0n) is 22.8. The summed E-state index contributed by atoms with van der Waals surface area (Å²) in [6.07, 6.45) is 3.81. The van der Waals surface area contributed by atoms with E-state index in [1.165, 1.54) is 4.31 Å². The normalized spacial score (nSPS) is 12.0. The molecule has 0 saturated carbocycles. The molecule has 0 aliphatic carbocycles. The summed E-state index contributed by atoms with van der Waals surface area (Å²) in [6, 6.07) is 13.4. The van der Waals surface area contributed by atoms with Gasteiger partial charge in [-0.1, -0.05) is 44.0 Å². The maximum Gasteiger partial charge on any atom is 0.242 e. The lowest BCUT2D eigenvalue weighted by molar-refractivity contribution is -0.141. The van der Waals surface area contributed by atoms with E-state index in [2.05, 4.69) is 5.32 Å². The minimum Gasteiger partial charge on any atom is -0.494 e.